The summed E-state index contributed by atoms with van der Waals surface area (Å²) in [4.78, 5) is 4.76. The molecule has 1 heterocycles. The van der Waals surface area contributed by atoms with Crippen LogP contribution in [0.3, 0.4) is 0 Å². The minimum Gasteiger partial charge on any atom is -0.394 e. The molecule has 17 heavy (non-hydrogen) atoms. The number of rotatable bonds is 5. The molecule has 100 valence electrons. The minimum atomic E-state index is -0.363. The second-order valence-electron chi connectivity index (χ2n) is 6.12. The lowest BCUT2D eigenvalue weighted by Crippen LogP contribution is -2.56. The van der Waals surface area contributed by atoms with Gasteiger partial charge >= 0.3 is 0 Å². The maximum Gasteiger partial charge on any atom is 0.0626 e. The van der Waals surface area contributed by atoms with Crippen molar-refractivity contribution in [2.45, 2.75) is 37.3 Å². The van der Waals surface area contributed by atoms with Crippen molar-refractivity contribution in [1.29, 1.82) is 0 Å². The van der Waals surface area contributed by atoms with Crippen LogP contribution in [0.5, 0.6) is 0 Å². The van der Waals surface area contributed by atoms with E-state index in [2.05, 4.69) is 23.9 Å². The van der Waals surface area contributed by atoms with E-state index in [-0.39, 0.29) is 12.1 Å². The van der Waals surface area contributed by atoms with Crippen molar-refractivity contribution >= 4 is 0 Å². The van der Waals surface area contributed by atoms with E-state index < -0.39 is 0 Å². The molecule has 3 N–H and O–H groups in total. The molecule has 1 atom stereocenters. The number of hydrogen-bond acceptors (Lipinski definition) is 4. The van der Waals surface area contributed by atoms with Crippen LogP contribution in [0.15, 0.2) is 0 Å². The standard InChI is InChI=1S/C13H27N3O/c1-15-7-5-12(6-8-15)16(2)9-13(14,10-17)11-3-4-11/h11-12,17H,3-10,14H2,1-2H3. The van der Waals surface area contributed by atoms with Crippen LogP contribution < -0.4 is 5.73 Å². The zero-order valence-electron chi connectivity index (χ0n) is 11.2. The third kappa shape index (κ3) is 3.19. The zero-order valence-corrected chi connectivity index (χ0v) is 11.2. The molecule has 1 aliphatic heterocycles. The van der Waals surface area contributed by atoms with Gasteiger partial charge in [0, 0.05) is 12.6 Å². The van der Waals surface area contributed by atoms with Crippen LogP contribution in [-0.2, 0) is 0 Å². The van der Waals surface area contributed by atoms with E-state index in [0.29, 0.717) is 12.0 Å². The van der Waals surface area contributed by atoms with E-state index in [9.17, 15) is 5.11 Å². The number of piperidine rings is 1. The van der Waals surface area contributed by atoms with E-state index in [4.69, 9.17) is 5.73 Å². The van der Waals surface area contributed by atoms with Crippen LogP contribution in [0.4, 0.5) is 0 Å². The molecule has 0 amide bonds. The van der Waals surface area contributed by atoms with Gasteiger partial charge in [-0.1, -0.05) is 0 Å². The van der Waals surface area contributed by atoms with Gasteiger partial charge in [0.2, 0.25) is 0 Å². The van der Waals surface area contributed by atoms with Crippen LogP contribution in [-0.4, -0.2) is 66.8 Å². The molecule has 1 saturated carbocycles. The van der Waals surface area contributed by atoms with E-state index in [1.54, 1.807) is 0 Å². The number of aliphatic hydroxyl groups is 1. The van der Waals surface area contributed by atoms with Crippen LogP contribution in [0.25, 0.3) is 0 Å². The van der Waals surface area contributed by atoms with Crippen molar-refractivity contribution < 1.29 is 5.11 Å². The van der Waals surface area contributed by atoms with Crippen molar-refractivity contribution in [2.75, 3.05) is 40.3 Å². The van der Waals surface area contributed by atoms with E-state index >= 15 is 0 Å². The Morgan fingerprint density at radius 3 is 2.35 bits per heavy atom. The molecule has 0 bridgehead atoms. The molecule has 2 fully saturated rings. The summed E-state index contributed by atoms with van der Waals surface area (Å²) < 4.78 is 0. The zero-order chi connectivity index (χ0) is 12.5. The average Bonchev–Trinajstić information content (AvgIpc) is 3.13. The van der Waals surface area contributed by atoms with Crippen LogP contribution >= 0.6 is 0 Å². The molecule has 0 aromatic rings. The van der Waals surface area contributed by atoms with Gasteiger partial charge in [-0.05, 0) is 58.8 Å². The maximum absolute atomic E-state index is 9.53. The Kier molecular flexibility index (Phi) is 4.08. The Balaban J connectivity index is 1.85. The lowest BCUT2D eigenvalue weighted by Gasteiger charge is -2.39. The minimum absolute atomic E-state index is 0.120. The third-order valence-electron chi connectivity index (χ3n) is 4.54. The van der Waals surface area contributed by atoms with Gasteiger partial charge in [0.1, 0.15) is 0 Å². The first-order valence-electron chi connectivity index (χ1n) is 6.83. The molecule has 1 aliphatic carbocycles. The molecule has 0 spiro atoms. The van der Waals surface area contributed by atoms with E-state index in [1.165, 1.54) is 38.8 Å². The number of nitrogens with zero attached hydrogens (tertiary/aromatic N) is 2. The smallest absolute Gasteiger partial charge is 0.0626 e. The summed E-state index contributed by atoms with van der Waals surface area (Å²) in [6.07, 6.45) is 4.83. The SMILES string of the molecule is CN1CCC(N(C)CC(N)(CO)C2CC2)CC1. The molecule has 0 aromatic heterocycles. The van der Waals surface area contributed by atoms with Crippen LogP contribution in [0.1, 0.15) is 25.7 Å². The Morgan fingerprint density at radius 1 is 1.29 bits per heavy atom. The quantitative estimate of drug-likeness (QED) is 0.717. The third-order valence-corrected chi connectivity index (χ3v) is 4.54. The Hall–Kier alpha value is -0.160. The summed E-state index contributed by atoms with van der Waals surface area (Å²) in [7, 11) is 4.34. The molecule has 4 heteroatoms. The highest BCUT2D eigenvalue weighted by molar-refractivity contribution is 5.00. The molecular weight excluding hydrogens is 214 g/mol. The van der Waals surface area contributed by atoms with Crippen molar-refractivity contribution in [3.8, 4) is 0 Å². The normalized spacial score (nSPS) is 27.4. The Labute approximate surface area is 105 Å². The van der Waals surface area contributed by atoms with Gasteiger partial charge in [-0.2, -0.15) is 0 Å². The summed E-state index contributed by atoms with van der Waals surface area (Å²) in [5.41, 5.74) is 5.97. The van der Waals surface area contributed by atoms with Gasteiger partial charge in [0.15, 0.2) is 0 Å². The molecule has 1 unspecified atom stereocenters. The Morgan fingerprint density at radius 2 is 1.88 bits per heavy atom. The van der Waals surface area contributed by atoms with Gasteiger partial charge in [0.05, 0.1) is 12.1 Å². The molecule has 2 aliphatic rings. The van der Waals surface area contributed by atoms with E-state index in [1.807, 2.05) is 0 Å². The van der Waals surface area contributed by atoms with Gasteiger partial charge in [0.25, 0.3) is 0 Å². The predicted octanol–water partition coefficient (Wildman–Crippen LogP) is 0.112. The number of likely N-dealkylation sites (N-methyl/N-ethyl adjacent to an activating group) is 1. The number of likely N-dealkylation sites (tertiary alicyclic amines) is 1. The van der Waals surface area contributed by atoms with Crippen molar-refractivity contribution in [3.63, 3.8) is 0 Å². The van der Waals surface area contributed by atoms with Gasteiger partial charge in [-0.3, -0.25) is 0 Å². The van der Waals surface area contributed by atoms with Gasteiger partial charge in [-0.25, -0.2) is 0 Å². The summed E-state index contributed by atoms with van der Waals surface area (Å²) >= 11 is 0. The largest absolute Gasteiger partial charge is 0.394 e. The fourth-order valence-corrected chi connectivity index (χ4v) is 3.00. The fourth-order valence-electron chi connectivity index (χ4n) is 3.00. The molecular formula is C13H27N3O. The average molecular weight is 241 g/mol. The summed E-state index contributed by atoms with van der Waals surface area (Å²) in [5.74, 6) is 0.543. The highest BCUT2D eigenvalue weighted by Gasteiger charge is 2.43. The molecule has 4 nitrogen and oxygen atoms in total. The van der Waals surface area contributed by atoms with Crippen molar-refractivity contribution in [1.82, 2.24) is 9.80 Å². The molecule has 0 aromatic carbocycles. The molecule has 1 saturated heterocycles. The fraction of sp³-hybridized carbons (Fsp3) is 1.00. The lowest BCUT2D eigenvalue weighted by molar-refractivity contribution is 0.0854. The Bertz CT molecular complexity index is 249. The summed E-state index contributed by atoms with van der Waals surface area (Å²) in [6.45, 7) is 3.31. The monoisotopic (exact) mass is 241 g/mol. The number of aliphatic hydroxyl groups excluding tert-OH is 1. The summed E-state index contributed by atoms with van der Waals surface area (Å²) in [6, 6.07) is 0.638. The predicted molar refractivity (Wildman–Crippen MR) is 69.9 cm³/mol. The van der Waals surface area contributed by atoms with E-state index in [0.717, 1.165) is 6.54 Å². The maximum atomic E-state index is 9.53. The second kappa shape index (κ2) is 5.22. The molecule has 0 radical (unpaired) electrons. The lowest BCUT2D eigenvalue weighted by atomic mass is 9.93. The van der Waals surface area contributed by atoms with Crippen molar-refractivity contribution in [3.05, 3.63) is 0 Å². The highest BCUT2D eigenvalue weighted by atomic mass is 16.3. The number of hydrogen-bond donors (Lipinski definition) is 2. The molecule has 2 rings (SSSR count). The van der Waals surface area contributed by atoms with Crippen molar-refractivity contribution in [2.24, 2.45) is 11.7 Å². The highest BCUT2D eigenvalue weighted by Crippen LogP contribution is 2.38. The first-order valence-corrected chi connectivity index (χ1v) is 6.83. The second-order valence-corrected chi connectivity index (χ2v) is 6.12. The first kappa shape index (κ1) is 13.3. The van der Waals surface area contributed by atoms with Gasteiger partial charge < -0.3 is 20.6 Å². The summed E-state index contributed by atoms with van der Waals surface area (Å²) in [5, 5.41) is 9.53. The van der Waals surface area contributed by atoms with Crippen LogP contribution in [0, 0.1) is 5.92 Å². The first-order chi connectivity index (χ1) is 8.05. The van der Waals surface area contributed by atoms with Crippen LogP contribution in [0.2, 0.25) is 0 Å². The number of nitrogens with two attached hydrogens (primary N) is 1. The topological polar surface area (TPSA) is 52.7 Å². The van der Waals surface area contributed by atoms with Gasteiger partial charge in [-0.15, -0.1) is 0 Å².